The minimum Gasteiger partial charge on any atom is -0.357 e. The van der Waals surface area contributed by atoms with Crippen molar-refractivity contribution in [2.75, 3.05) is 18.9 Å². The fraction of sp³-hybridized carbons (Fsp3) is 0.261. The number of nitrogens with one attached hydrogen (secondary N) is 2. The first kappa shape index (κ1) is 17.8. The van der Waals surface area contributed by atoms with Crippen molar-refractivity contribution < 1.29 is 4.79 Å². The van der Waals surface area contributed by atoms with Gasteiger partial charge < -0.3 is 10.3 Å². The highest BCUT2D eigenvalue weighted by molar-refractivity contribution is 6.06. The van der Waals surface area contributed by atoms with Crippen molar-refractivity contribution in [2.24, 2.45) is 0 Å². The molecule has 6 heteroatoms. The largest absolute Gasteiger partial charge is 0.357 e. The summed E-state index contributed by atoms with van der Waals surface area (Å²) < 4.78 is 0. The van der Waals surface area contributed by atoms with E-state index >= 15 is 0 Å². The number of hydrogen-bond donors (Lipinski definition) is 2. The maximum Gasteiger partial charge on any atom is 0.256 e. The van der Waals surface area contributed by atoms with Gasteiger partial charge in [0.05, 0.1) is 5.52 Å². The molecule has 6 nitrogen and oxygen atoms in total. The van der Waals surface area contributed by atoms with Gasteiger partial charge in [-0.25, -0.2) is 4.98 Å². The van der Waals surface area contributed by atoms with Crippen molar-refractivity contribution in [3.63, 3.8) is 0 Å². The summed E-state index contributed by atoms with van der Waals surface area (Å²) in [5.74, 6) is 0.364. The third kappa shape index (κ3) is 3.25. The lowest BCUT2D eigenvalue weighted by atomic mass is 10.1. The first-order valence-electron chi connectivity index (χ1n) is 9.94. The van der Waals surface area contributed by atoms with Gasteiger partial charge in [0.1, 0.15) is 5.82 Å². The Hall–Kier alpha value is -3.25. The van der Waals surface area contributed by atoms with Crippen LogP contribution in [0, 0.1) is 6.92 Å². The Morgan fingerprint density at radius 3 is 2.90 bits per heavy atom. The Kier molecular flexibility index (Phi) is 4.28. The molecule has 1 saturated heterocycles. The highest BCUT2D eigenvalue weighted by Gasteiger charge is 2.24. The number of aromatic amines is 1. The number of anilines is 1. The molecule has 3 aromatic heterocycles. The average Bonchev–Trinajstić information content (AvgIpc) is 3.33. The molecule has 0 aliphatic carbocycles. The SMILES string of the molecule is Cc1nccc2ccc(C(=O)Nc3cc4[nH]c([C@H]5CCCN5C)cc4cn3)cc12. The van der Waals surface area contributed by atoms with Crippen LogP contribution in [-0.4, -0.2) is 39.4 Å². The number of hydrogen-bond acceptors (Lipinski definition) is 4. The van der Waals surface area contributed by atoms with E-state index < -0.39 is 0 Å². The highest BCUT2D eigenvalue weighted by Crippen LogP contribution is 2.32. The monoisotopic (exact) mass is 385 g/mol. The summed E-state index contributed by atoms with van der Waals surface area (Å²) in [5.41, 5.74) is 3.70. The number of fused-ring (bicyclic) bond motifs is 2. The van der Waals surface area contributed by atoms with Crippen molar-refractivity contribution in [1.82, 2.24) is 19.9 Å². The fourth-order valence-electron chi connectivity index (χ4n) is 4.24. The third-order valence-corrected chi connectivity index (χ3v) is 5.87. The van der Waals surface area contributed by atoms with Gasteiger partial charge in [-0.3, -0.25) is 14.7 Å². The lowest BCUT2D eigenvalue weighted by molar-refractivity contribution is 0.102. The predicted molar refractivity (Wildman–Crippen MR) is 115 cm³/mol. The Morgan fingerprint density at radius 2 is 2.07 bits per heavy atom. The predicted octanol–water partition coefficient (Wildman–Crippen LogP) is 4.44. The summed E-state index contributed by atoms with van der Waals surface area (Å²) in [7, 11) is 2.16. The van der Waals surface area contributed by atoms with Crippen molar-refractivity contribution in [3.05, 3.63) is 65.7 Å². The Labute approximate surface area is 169 Å². The maximum atomic E-state index is 12.8. The molecule has 1 fully saturated rings. The van der Waals surface area contributed by atoms with Crippen LogP contribution in [0.4, 0.5) is 5.82 Å². The van der Waals surface area contributed by atoms with E-state index in [1.54, 1.807) is 6.20 Å². The van der Waals surface area contributed by atoms with E-state index in [4.69, 9.17) is 0 Å². The molecule has 1 amide bonds. The number of rotatable bonds is 3. The van der Waals surface area contributed by atoms with Crippen LogP contribution in [-0.2, 0) is 0 Å². The van der Waals surface area contributed by atoms with E-state index in [0.29, 0.717) is 17.4 Å². The summed E-state index contributed by atoms with van der Waals surface area (Å²) in [5, 5.41) is 6.04. The number of carbonyl (C=O) groups excluding carboxylic acids is 1. The molecule has 0 saturated carbocycles. The molecular weight excluding hydrogens is 362 g/mol. The number of nitrogens with zero attached hydrogens (tertiary/aromatic N) is 3. The zero-order chi connectivity index (χ0) is 20.0. The van der Waals surface area contributed by atoms with E-state index in [9.17, 15) is 4.79 Å². The standard InChI is InChI=1S/C23H23N5O/c1-14-18-10-16(6-5-15(18)7-8-24-14)23(29)27-22-12-19-17(13-25-22)11-20(26-19)21-4-3-9-28(21)2/h5-8,10-13,21,26H,3-4,9H2,1-2H3,(H,25,27,29)/t21-/m1/s1. The summed E-state index contributed by atoms with van der Waals surface area (Å²) in [6.07, 6.45) is 5.98. The van der Waals surface area contributed by atoms with Gasteiger partial charge in [-0.2, -0.15) is 0 Å². The molecule has 1 aromatic carbocycles. The lowest BCUT2D eigenvalue weighted by Gasteiger charge is -2.17. The van der Waals surface area contributed by atoms with E-state index in [1.807, 2.05) is 43.5 Å². The Morgan fingerprint density at radius 1 is 1.17 bits per heavy atom. The van der Waals surface area contributed by atoms with E-state index in [-0.39, 0.29) is 5.91 Å². The second-order valence-corrected chi connectivity index (χ2v) is 7.81. The summed E-state index contributed by atoms with van der Waals surface area (Å²) in [4.78, 5) is 27.4. The average molecular weight is 385 g/mol. The fourth-order valence-corrected chi connectivity index (χ4v) is 4.24. The van der Waals surface area contributed by atoms with Gasteiger partial charge in [0.25, 0.3) is 5.91 Å². The number of likely N-dealkylation sites (tertiary alicyclic amines) is 1. The van der Waals surface area contributed by atoms with Gasteiger partial charge in [0, 0.05) is 52.2 Å². The van der Waals surface area contributed by atoms with Crippen molar-refractivity contribution >= 4 is 33.4 Å². The van der Waals surface area contributed by atoms with Gasteiger partial charge in [0.15, 0.2) is 0 Å². The van der Waals surface area contributed by atoms with Gasteiger partial charge in [0.2, 0.25) is 0 Å². The van der Waals surface area contributed by atoms with Crippen molar-refractivity contribution in [3.8, 4) is 0 Å². The molecule has 1 aliphatic rings. The van der Waals surface area contributed by atoms with Crippen LogP contribution >= 0.6 is 0 Å². The van der Waals surface area contributed by atoms with Crippen molar-refractivity contribution in [1.29, 1.82) is 0 Å². The number of amides is 1. The summed E-state index contributed by atoms with van der Waals surface area (Å²) in [6.45, 7) is 3.07. The molecule has 0 unspecified atom stereocenters. The highest BCUT2D eigenvalue weighted by atomic mass is 16.1. The molecule has 29 heavy (non-hydrogen) atoms. The minimum absolute atomic E-state index is 0.177. The summed E-state index contributed by atoms with van der Waals surface area (Å²) in [6, 6.07) is 12.1. The molecule has 4 heterocycles. The number of pyridine rings is 2. The molecule has 0 spiro atoms. The van der Waals surface area contributed by atoms with Crippen LogP contribution in [0.3, 0.4) is 0 Å². The van der Waals surface area contributed by atoms with E-state index in [1.165, 1.54) is 12.1 Å². The third-order valence-electron chi connectivity index (χ3n) is 5.87. The maximum absolute atomic E-state index is 12.8. The van der Waals surface area contributed by atoms with Gasteiger partial charge in [-0.1, -0.05) is 6.07 Å². The van der Waals surface area contributed by atoms with Crippen LogP contribution in [0.2, 0.25) is 0 Å². The molecular formula is C23H23N5O. The molecule has 1 aliphatic heterocycles. The number of aromatic nitrogens is 3. The number of benzene rings is 1. The Balaban J connectivity index is 1.41. The van der Waals surface area contributed by atoms with Crippen molar-refractivity contribution in [2.45, 2.75) is 25.8 Å². The number of carbonyl (C=O) groups is 1. The zero-order valence-electron chi connectivity index (χ0n) is 16.6. The zero-order valence-corrected chi connectivity index (χ0v) is 16.6. The normalized spacial score (nSPS) is 17.2. The van der Waals surface area contributed by atoms with Gasteiger partial charge in [-0.05, 0) is 63.0 Å². The first-order chi connectivity index (χ1) is 14.1. The topological polar surface area (TPSA) is 73.9 Å². The smallest absolute Gasteiger partial charge is 0.256 e. The van der Waals surface area contributed by atoms with Gasteiger partial charge >= 0.3 is 0 Å². The molecule has 146 valence electrons. The van der Waals surface area contributed by atoms with E-state index in [0.717, 1.165) is 40.3 Å². The number of aryl methyl sites for hydroxylation is 1. The quantitative estimate of drug-likeness (QED) is 0.547. The molecule has 5 rings (SSSR count). The molecule has 2 N–H and O–H groups in total. The lowest BCUT2D eigenvalue weighted by Crippen LogP contribution is -2.17. The van der Waals surface area contributed by atoms with Crippen LogP contribution in [0.25, 0.3) is 21.7 Å². The molecule has 0 bridgehead atoms. The molecule has 1 atom stereocenters. The van der Waals surface area contributed by atoms with E-state index in [2.05, 4.69) is 38.3 Å². The minimum atomic E-state index is -0.177. The number of H-pyrrole nitrogens is 1. The van der Waals surface area contributed by atoms with Gasteiger partial charge in [-0.15, -0.1) is 0 Å². The summed E-state index contributed by atoms with van der Waals surface area (Å²) >= 11 is 0. The van der Waals surface area contributed by atoms with Crippen LogP contribution in [0.1, 0.15) is 40.6 Å². The van der Waals surface area contributed by atoms with Crippen LogP contribution < -0.4 is 5.32 Å². The first-order valence-corrected chi connectivity index (χ1v) is 9.94. The van der Waals surface area contributed by atoms with Crippen LogP contribution in [0.5, 0.6) is 0 Å². The second-order valence-electron chi connectivity index (χ2n) is 7.81. The van der Waals surface area contributed by atoms with Crippen LogP contribution in [0.15, 0.2) is 48.8 Å². The molecule has 0 radical (unpaired) electrons. The molecule has 4 aromatic rings. The second kappa shape index (κ2) is 6.97. The Bertz CT molecular complexity index is 1230.